The Labute approximate surface area is 133 Å². The van der Waals surface area contributed by atoms with Crippen LogP contribution < -0.4 is 15.5 Å². The number of rotatable bonds is 2. The largest absolute Gasteiger partial charge is 0.384 e. The van der Waals surface area contributed by atoms with Crippen LogP contribution in [-0.2, 0) is 0 Å². The molecule has 0 aliphatic carbocycles. The fourth-order valence-electron chi connectivity index (χ4n) is 2.80. The molecule has 1 saturated heterocycles. The summed E-state index contributed by atoms with van der Waals surface area (Å²) in [6.45, 7) is 3.66. The first-order chi connectivity index (χ1) is 11.3. The van der Waals surface area contributed by atoms with E-state index in [-0.39, 0.29) is 0 Å². The summed E-state index contributed by atoms with van der Waals surface area (Å²) in [7, 11) is 0. The normalized spacial score (nSPS) is 15.1. The molecular formula is C16H17N7. The fourth-order valence-corrected chi connectivity index (χ4v) is 2.80. The quantitative estimate of drug-likeness (QED) is 0.764. The molecule has 4 heterocycles. The molecule has 0 radical (unpaired) electrons. The summed E-state index contributed by atoms with van der Waals surface area (Å²) < 4.78 is 0. The lowest BCUT2D eigenvalue weighted by atomic mass is 10.2. The minimum atomic E-state index is 0.550. The van der Waals surface area contributed by atoms with Crippen LogP contribution in [0.4, 0.5) is 17.3 Å². The molecule has 0 amide bonds. The second kappa shape index (κ2) is 5.68. The lowest BCUT2D eigenvalue weighted by Gasteiger charge is -2.36. The lowest BCUT2D eigenvalue weighted by molar-refractivity contribution is 0.647. The molecule has 0 spiro atoms. The van der Waals surface area contributed by atoms with Crippen LogP contribution in [-0.4, -0.2) is 46.1 Å². The molecule has 0 aromatic carbocycles. The highest BCUT2D eigenvalue weighted by Gasteiger charge is 2.19. The van der Waals surface area contributed by atoms with E-state index in [9.17, 15) is 0 Å². The number of nitrogen functional groups attached to an aromatic ring is 1. The van der Waals surface area contributed by atoms with Crippen molar-refractivity contribution >= 4 is 28.5 Å². The zero-order chi connectivity index (χ0) is 15.6. The van der Waals surface area contributed by atoms with Gasteiger partial charge in [0, 0.05) is 38.6 Å². The van der Waals surface area contributed by atoms with E-state index in [4.69, 9.17) is 5.73 Å². The molecule has 7 heteroatoms. The van der Waals surface area contributed by atoms with Crippen molar-refractivity contribution in [1.82, 2.24) is 19.9 Å². The number of fused-ring (bicyclic) bond motifs is 1. The van der Waals surface area contributed by atoms with Crippen molar-refractivity contribution in [2.75, 3.05) is 41.7 Å². The van der Waals surface area contributed by atoms with Crippen LogP contribution >= 0.6 is 0 Å². The van der Waals surface area contributed by atoms with Crippen LogP contribution in [0.1, 0.15) is 0 Å². The number of hydrogen-bond acceptors (Lipinski definition) is 7. The van der Waals surface area contributed by atoms with Crippen molar-refractivity contribution < 1.29 is 0 Å². The molecule has 0 saturated carbocycles. The van der Waals surface area contributed by atoms with E-state index in [2.05, 4.69) is 29.7 Å². The maximum absolute atomic E-state index is 5.64. The molecule has 1 aliphatic rings. The van der Waals surface area contributed by atoms with Gasteiger partial charge < -0.3 is 15.5 Å². The molecule has 3 aromatic heterocycles. The third kappa shape index (κ3) is 2.73. The second-order valence-corrected chi connectivity index (χ2v) is 5.48. The molecule has 116 valence electrons. The van der Waals surface area contributed by atoms with Gasteiger partial charge in [-0.1, -0.05) is 0 Å². The average molecular weight is 307 g/mol. The zero-order valence-corrected chi connectivity index (χ0v) is 12.6. The number of nitrogens with zero attached hydrogens (tertiary/aromatic N) is 6. The van der Waals surface area contributed by atoms with Crippen LogP contribution in [0.5, 0.6) is 0 Å². The Morgan fingerprint density at radius 2 is 1.61 bits per heavy atom. The van der Waals surface area contributed by atoms with E-state index in [1.807, 2.05) is 30.5 Å². The van der Waals surface area contributed by atoms with E-state index in [1.165, 1.54) is 0 Å². The van der Waals surface area contributed by atoms with Crippen LogP contribution in [0.2, 0.25) is 0 Å². The lowest BCUT2D eigenvalue weighted by Crippen LogP contribution is -2.46. The number of nitrogens with two attached hydrogens (primary N) is 1. The summed E-state index contributed by atoms with van der Waals surface area (Å²) >= 11 is 0. The van der Waals surface area contributed by atoms with Crippen LogP contribution in [0, 0.1) is 0 Å². The highest BCUT2D eigenvalue weighted by Crippen LogP contribution is 2.20. The van der Waals surface area contributed by atoms with Gasteiger partial charge in [0.2, 0.25) is 0 Å². The van der Waals surface area contributed by atoms with Crippen molar-refractivity contribution in [1.29, 1.82) is 0 Å². The van der Waals surface area contributed by atoms with Crippen molar-refractivity contribution in [3.63, 3.8) is 0 Å². The van der Waals surface area contributed by atoms with Gasteiger partial charge in [-0.3, -0.25) is 4.98 Å². The minimum Gasteiger partial charge on any atom is -0.384 e. The predicted molar refractivity (Wildman–Crippen MR) is 90.4 cm³/mol. The van der Waals surface area contributed by atoms with Crippen LogP contribution in [0.3, 0.4) is 0 Å². The second-order valence-electron chi connectivity index (χ2n) is 5.48. The molecule has 7 nitrogen and oxygen atoms in total. The third-order valence-electron chi connectivity index (χ3n) is 4.06. The van der Waals surface area contributed by atoms with Gasteiger partial charge in [0.25, 0.3) is 0 Å². The predicted octanol–water partition coefficient (Wildman–Crippen LogP) is 1.33. The van der Waals surface area contributed by atoms with E-state index >= 15 is 0 Å². The Hall–Kier alpha value is -2.96. The summed E-state index contributed by atoms with van der Waals surface area (Å²) in [4.78, 5) is 21.9. The maximum atomic E-state index is 5.64. The topological polar surface area (TPSA) is 84.1 Å². The van der Waals surface area contributed by atoms with Gasteiger partial charge in [-0.2, -0.15) is 0 Å². The van der Waals surface area contributed by atoms with Crippen molar-refractivity contribution in [3.8, 4) is 0 Å². The molecule has 3 aromatic rings. The Morgan fingerprint density at radius 3 is 2.39 bits per heavy atom. The smallest absolute Gasteiger partial charge is 0.180 e. The molecular weight excluding hydrogens is 290 g/mol. The highest BCUT2D eigenvalue weighted by atomic mass is 15.3. The van der Waals surface area contributed by atoms with E-state index in [0.29, 0.717) is 11.5 Å². The first kappa shape index (κ1) is 13.7. The van der Waals surface area contributed by atoms with Crippen LogP contribution in [0.25, 0.3) is 11.2 Å². The zero-order valence-electron chi connectivity index (χ0n) is 12.6. The first-order valence-electron chi connectivity index (χ1n) is 7.59. The van der Waals surface area contributed by atoms with Crippen molar-refractivity contribution in [2.45, 2.75) is 0 Å². The molecule has 23 heavy (non-hydrogen) atoms. The molecule has 4 rings (SSSR count). The third-order valence-corrected chi connectivity index (χ3v) is 4.06. The first-order valence-corrected chi connectivity index (χ1v) is 7.59. The highest BCUT2D eigenvalue weighted by molar-refractivity contribution is 5.71. The summed E-state index contributed by atoms with van der Waals surface area (Å²) in [6, 6.07) is 7.84. The van der Waals surface area contributed by atoms with Gasteiger partial charge in [-0.05, 0) is 24.3 Å². The number of aromatic nitrogens is 4. The van der Waals surface area contributed by atoms with Crippen LogP contribution in [0.15, 0.2) is 42.9 Å². The molecule has 1 aliphatic heterocycles. The van der Waals surface area contributed by atoms with Crippen molar-refractivity contribution in [3.05, 3.63) is 42.9 Å². The molecule has 2 N–H and O–H groups in total. The fraction of sp³-hybridized carbons (Fsp3) is 0.250. The summed E-state index contributed by atoms with van der Waals surface area (Å²) in [5, 5.41) is 0. The van der Waals surface area contributed by atoms with Crippen molar-refractivity contribution in [2.24, 2.45) is 0 Å². The molecule has 0 unspecified atom stereocenters. The standard InChI is InChI=1S/C16H17N7/c17-14-3-1-12(11-20-14)22-7-9-23(10-8-22)15-4-2-13-16(21-15)19-6-5-18-13/h1-6,11H,7-10H2,(H2,17,20). The molecule has 0 bridgehead atoms. The Kier molecular flexibility index (Phi) is 3.38. The maximum Gasteiger partial charge on any atom is 0.180 e. The van der Waals surface area contributed by atoms with Gasteiger partial charge >= 0.3 is 0 Å². The molecule has 1 fully saturated rings. The summed E-state index contributed by atoms with van der Waals surface area (Å²) in [5.41, 5.74) is 8.26. The average Bonchev–Trinajstić information content (AvgIpc) is 2.62. The summed E-state index contributed by atoms with van der Waals surface area (Å²) in [5.74, 6) is 1.50. The van der Waals surface area contributed by atoms with Gasteiger partial charge in [0.15, 0.2) is 5.65 Å². The van der Waals surface area contributed by atoms with Gasteiger partial charge in [0.1, 0.15) is 17.2 Å². The van der Waals surface area contributed by atoms with Gasteiger partial charge in [-0.25, -0.2) is 15.0 Å². The van der Waals surface area contributed by atoms with Gasteiger partial charge in [0.05, 0.1) is 11.9 Å². The molecule has 0 atom stereocenters. The minimum absolute atomic E-state index is 0.550. The van der Waals surface area contributed by atoms with E-state index < -0.39 is 0 Å². The Balaban J connectivity index is 1.49. The Morgan fingerprint density at radius 1 is 0.826 bits per heavy atom. The number of piperazine rings is 1. The monoisotopic (exact) mass is 307 g/mol. The Bertz CT molecular complexity index is 810. The SMILES string of the molecule is Nc1ccc(N2CCN(c3ccc4nccnc4n3)CC2)cn1. The van der Waals surface area contributed by atoms with E-state index in [1.54, 1.807) is 12.4 Å². The van der Waals surface area contributed by atoms with Gasteiger partial charge in [-0.15, -0.1) is 0 Å². The van der Waals surface area contributed by atoms with E-state index in [0.717, 1.165) is 43.2 Å². The number of hydrogen-bond donors (Lipinski definition) is 1. The number of pyridine rings is 2. The number of anilines is 3. The summed E-state index contributed by atoms with van der Waals surface area (Å²) in [6.07, 6.45) is 5.18.